The maximum absolute atomic E-state index is 5.16. The number of halogens is 1. The quantitative estimate of drug-likeness (QED) is 0.826. The summed E-state index contributed by atoms with van der Waals surface area (Å²) in [5.41, 5.74) is 3.34. The van der Waals surface area contributed by atoms with Gasteiger partial charge in [0.25, 0.3) is 0 Å². The molecule has 0 radical (unpaired) electrons. The van der Waals surface area contributed by atoms with Crippen molar-refractivity contribution in [1.29, 1.82) is 0 Å². The molecule has 0 saturated heterocycles. The molecule has 0 heterocycles. The highest BCUT2D eigenvalue weighted by Crippen LogP contribution is 2.25. The topological polar surface area (TPSA) is 21.3 Å². The van der Waals surface area contributed by atoms with Crippen molar-refractivity contribution in [1.82, 2.24) is 0 Å². The molecule has 0 saturated carbocycles. The van der Waals surface area contributed by atoms with Gasteiger partial charge in [-0.1, -0.05) is 34.1 Å². The van der Waals surface area contributed by atoms with Crippen LogP contribution >= 0.6 is 15.9 Å². The fourth-order valence-electron chi connectivity index (χ4n) is 1.26. The van der Waals surface area contributed by atoms with E-state index in [1.165, 1.54) is 0 Å². The summed E-state index contributed by atoms with van der Waals surface area (Å²) in [4.78, 5) is 0. The van der Waals surface area contributed by atoms with Crippen LogP contribution in [0.3, 0.4) is 0 Å². The zero-order chi connectivity index (χ0) is 11.3. The average molecular weight is 270 g/mol. The van der Waals surface area contributed by atoms with E-state index in [2.05, 4.69) is 27.8 Å². The molecule has 0 aliphatic heterocycles. The monoisotopic (exact) mass is 269 g/mol. The molecule has 2 nitrogen and oxygen atoms in total. The van der Waals surface area contributed by atoms with Gasteiger partial charge in [0.1, 0.15) is 0 Å². The highest BCUT2D eigenvalue weighted by molar-refractivity contribution is 9.10. The first-order valence-corrected chi connectivity index (χ1v) is 5.59. The van der Waals surface area contributed by atoms with Crippen molar-refractivity contribution in [2.45, 2.75) is 13.5 Å². The van der Waals surface area contributed by atoms with Crippen LogP contribution in [0.1, 0.15) is 12.5 Å². The van der Waals surface area contributed by atoms with Crippen molar-refractivity contribution in [2.24, 2.45) is 0 Å². The molecule has 82 valence electrons. The Morgan fingerprint density at radius 2 is 2.27 bits per heavy atom. The van der Waals surface area contributed by atoms with Crippen LogP contribution in [0.4, 0.5) is 5.69 Å². The third-order valence-electron chi connectivity index (χ3n) is 1.99. The van der Waals surface area contributed by atoms with Gasteiger partial charge >= 0.3 is 0 Å². The maximum atomic E-state index is 5.16. The van der Waals surface area contributed by atoms with Crippen LogP contribution in [0, 0.1) is 0 Å². The molecule has 0 unspecified atom stereocenters. The van der Waals surface area contributed by atoms with Gasteiger partial charge in [0.05, 0.1) is 6.61 Å². The van der Waals surface area contributed by atoms with Crippen molar-refractivity contribution in [3.8, 4) is 0 Å². The molecule has 0 fully saturated rings. The Morgan fingerprint density at radius 3 is 2.87 bits per heavy atom. The van der Waals surface area contributed by atoms with Gasteiger partial charge < -0.3 is 10.1 Å². The van der Waals surface area contributed by atoms with Crippen LogP contribution in [-0.4, -0.2) is 13.7 Å². The van der Waals surface area contributed by atoms with Gasteiger partial charge in [-0.25, -0.2) is 0 Å². The van der Waals surface area contributed by atoms with Crippen molar-refractivity contribution in [3.63, 3.8) is 0 Å². The van der Waals surface area contributed by atoms with E-state index >= 15 is 0 Å². The molecule has 1 aromatic carbocycles. The summed E-state index contributed by atoms with van der Waals surface area (Å²) in [6, 6.07) is 6.06. The van der Waals surface area contributed by atoms with E-state index in [9.17, 15) is 0 Å². The average Bonchev–Trinajstić information content (AvgIpc) is 2.19. The van der Waals surface area contributed by atoms with E-state index in [1.807, 2.05) is 25.1 Å². The first-order valence-electron chi connectivity index (χ1n) is 4.79. The van der Waals surface area contributed by atoms with E-state index in [-0.39, 0.29) is 0 Å². The number of rotatable bonds is 5. The molecular weight excluding hydrogens is 254 g/mol. The van der Waals surface area contributed by atoms with Crippen LogP contribution in [-0.2, 0) is 11.3 Å². The van der Waals surface area contributed by atoms with Gasteiger partial charge in [-0.3, -0.25) is 0 Å². The summed E-state index contributed by atoms with van der Waals surface area (Å²) in [6.07, 6.45) is 0. The minimum absolute atomic E-state index is 0.597. The van der Waals surface area contributed by atoms with Crippen molar-refractivity contribution in [2.75, 3.05) is 19.0 Å². The Hall–Kier alpha value is -0.800. The summed E-state index contributed by atoms with van der Waals surface area (Å²) in [7, 11) is 1.70. The highest BCUT2D eigenvalue weighted by Gasteiger charge is 2.05. The molecule has 0 aromatic heterocycles. The third-order valence-corrected chi connectivity index (χ3v) is 2.73. The van der Waals surface area contributed by atoms with E-state index in [1.54, 1.807) is 7.11 Å². The molecule has 1 N–H and O–H groups in total. The van der Waals surface area contributed by atoms with Gasteiger partial charge in [-0.05, 0) is 19.1 Å². The zero-order valence-electron chi connectivity index (χ0n) is 9.14. The van der Waals surface area contributed by atoms with Crippen molar-refractivity contribution in [3.05, 3.63) is 40.4 Å². The normalized spacial score (nSPS) is 10.1. The predicted octanol–water partition coefficient (Wildman–Crippen LogP) is 3.58. The van der Waals surface area contributed by atoms with Crippen LogP contribution in [0.5, 0.6) is 0 Å². The minimum Gasteiger partial charge on any atom is -0.381 e. The Morgan fingerprint density at radius 1 is 1.53 bits per heavy atom. The number of hydrogen-bond acceptors (Lipinski definition) is 2. The lowest BCUT2D eigenvalue weighted by Gasteiger charge is -2.13. The maximum Gasteiger partial charge on any atom is 0.0744 e. The lowest BCUT2D eigenvalue weighted by molar-refractivity contribution is 0.185. The number of nitrogens with one attached hydrogen (secondary N) is 1. The lowest BCUT2D eigenvalue weighted by atomic mass is 10.2. The largest absolute Gasteiger partial charge is 0.381 e. The summed E-state index contributed by atoms with van der Waals surface area (Å²) in [5.74, 6) is 0. The Labute approximate surface area is 99.5 Å². The Bertz CT molecular complexity index is 349. The van der Waals surface area contributed by atoms with Crippen LogP contribution < -0.4 is 5.32 Å². The molecule has 15 heavy (non-hydrogen) atoms. The van der Waals surface area contributed by atoms with Crippen molar-refractivity contribution >= 4 is 21.6 Å². The molecule has 1 rings (SSSR count). The third kappa shape index (κ3) is 3.68. The van der Waals surface area contributed by atoms with Gasteiger partial charge in [0.2, 0.25) is 0 Å². The van der Waals surface area contributed by atoms with E-state index in [4.69, 9.17) is 4.74 Å². The summed E-state index contributed by atoms with van der Waals surface area (Å²) >= 11 is 3.51. The number of benzene rings is 1. The molecule has 0 bridgehead atoms. The number of ether oxygens (including phenoxy) is 1. The van der Waals surface area contributed by atoms with Gasteiger partial charge in [-0.2, -0.15) is 0 Å². The predicted molar refractivity (Wildman–Crippen MR) is 68.2 cm³/mol. The molecular formula is C12H16BrNO. The van der Waals surface area contributed by atoms with Crippen molar-refractivity contribution < 1.29 is 4.74 Å². The second-order valence-electron chi connectivity index (χ2n) is 3.51. The molecule has 0 aliphatic rings. The molecule has 0 atom stereocenters. The van der Waals surface area contributed by atoms with Gasteiger partial charge in [-0.15, -0.1) is 0 Å². The zero-order valence-corrected chi connectivity index (χ0v) is 10.7. The molecule has 3 heteroatoms. The standard InChI is InChI=1S/C12H16BrNO/c1-9(2)7-14-12-6-4-5-11(13)10(12)8-15-3/h4-6,14H,1,7-8H2,2-3H3. The van der Waals surface area contributed by atoms with E-state index in [0.29, 0.717) is 6.61 Å². The first kappa shape index (κ1) is 12.3. The number of anilines is 1. The molecule has 0 spiro atoms. The lowest BCUT2D eigenvalue weighted by Crippen LogP contribution is -2.05. The first-order chi connectivity index (χ1) is 7.15. The summed E-state index contributed by atoms with van der Waals surface area (Å²) in [6.45, 7) is 7.25. The Balaban J connectivity index is 2.85. The fourth-order valence-corrected chi connectivity index (χ4v) is 1.74. The molecule has 0 amide bonds. The molecule has 1 aromatic rings. The smallest absolute Gasteiger partial charge is 0.0744 e. The van der Waals surface area contributed by atoms with Gasteiger partial charge in [0, 0.05) is 29.4 Å². The Kier molecular flexibility index (Phi) is 4.85. The van der Waals surface area contributed by atoms with Crippen LogP contribution in [0.25, 0.3) is 0 Å². The van der Waals surface area contributed by atoms with E-state index in [0.717, 1.165) is 27.8 Å². The van der Waals surface area contributed by atoms with Crippen LogP contribution in [0.15, 0.2) is 34.8 Å². The molecule has 0 aliphatic carbocycles. The fraction of sp³-hybridized carbons (Fsp3) is 0.333. The highest BCUT2D eigenvalue weighted by atomic mass is 79.9. The number of methoxy groups -OCH3 is 1. The minimum atomic E-state index is 0.597. The van der Waals surface area contributed by atoms with Gasteiger partial charge in [0.15, 0.2) is 0 Å². The number of hydrogen-bond donors (Lipinski definition) is 1. The van der Waals surface area contributed by atoms with Crippen LogP contribution in [0.2, 0.25) is 0 Å². The summed E-state index contributed by atoms with van der Waals surface area (Å²) < 4.78 is 6.23. The second-order valence-corrected chi connectivity index (χ2v) is 4.36. The summed E-state index contributed by atoms with van der Waals surface area (Å²) in [5, 5.41) is 3.33. The van der Waals surface area contributed by atoms with E-state index < -0.39 is 0 Å². The second kappa shape index (κ2) is 5.93. The SMILES string of the molecule is C=C(C)CNc1cccc(Br)c1COC.